The Hall–Kier alpha value is -6.72. The molecule has 264 valence electrons. The molecule has 0 atom stereocenters. The summed E-state index contributed by atoms with van der Waals surface area (Å²) in [5, 5.41) is 7.52. The minimum atomic E-state index is 1.12. The molecule has 2 heterocycles. The highest BCUT2D eigenvalue weighted by atomic mass is 32.1. The first-order chi connectivity index (χ1) is 27.8. The molecule has 0 spiro atoms. The fourth-order valence-electron chi connectivity index (χ4n) is 8.25. The molecule has 11 rings (SSSR count). The van der Waals surface area contributed by atoms with Gasteiger partial charge in [0.1, 0.15) is 0 Å². The van der Waals surface area contributed by atoms with Crippen molar-refractivity contribution in [2.45, 2.75) is 0 Å². The molecule has 0 saturated heterocycles. The molecule has 0 saturated carbocycles. The van der Waals surface area contributed by atoms with Crippen molar-refractivity contribution < 1.29 is 0 Å². The standard InChI is InChI=1S/C52H34N2S2/c1-4-16-35(17-5-1)45-33-36-30-31-40(53(38-18-6-2-7-19-38)46-26-14-24-43-41-22-10-12-28-49(41)55-51(43)46)32-37(36)34-48(45)54(39-20-8-3-9-21-39)47-27-15-25-44-42-23-11-13-29-50(42)56-52(44)47/h1-34H. The second-order valence-corrected chi connectivity index (χ2v) is 16.2. The number of thiophene rings is 2. The van der Waals surface area contributed by atoms with Crippen LogP contribution < -0.4 is 9.80 Å². The van der Waals surface area contributed by atoms with Gasteiger partial charge in [-0.1, -0.05) is 133 Å². The van der Waals surface area contributed by atoms with Gasteiger partial charge in [-0.2, -0.15) is 0 Å². The molecule has 56 heavy (non-hydrogen) atoms. The van der Waals surface area contributed by atoms with Crippen LogP contribution in [0.3, 0.4) is 0 Å². The molecule has 0 unspecified atom stereocenters. The van der Waals surface area contributed by atoms with Gasteiger partial charge in [0.05, 0.1) is 26.5 Å². The minimum absolute atomic E-state index is 1.12. The van der Waals surface area contributed by atoms with Gasteiger partial charge < -0.3 is 9.80 Å². The molecule has 2 aromatic heterocycles. The fourth-order valence-corrected chi connectivity index (χ4v) is 10.7. The summed E-state index contributed by atoms with van der Waals surface area (Å²) in [6.45, 7) is 0. The van der Waals surface area contributed by atoms with E-state index in [0.717, 1.165) is 22.7 Å². The molecule has 0 radical (unpaired) electrons. The van der Waals surface area contributed by atoms with Crippen molar-refractivity contribution in [1.82, 2.24) is 0 Å². The number of hydrogen-bond donors (Lipinski definition) is 0. The number of para-hydroxylation sites is 2. The first kappa shape index (κ1) is 32.7. The highest BCUT2D eigenvalue weighted by Crippen LogP contribution is 2.49. The molecule has 0 fully saturated rings. The van der Waals surface area contributed by atoms with Crippen molar-refractivity contribution >= 4 is 108 Å². The lowest BCUT2D eigenvalue weighted by molar-refractivity contribution is 1.30. The SMILES string of the molecule is c1ccc(-c2cc3ccc(N(c4ccccc4)c4cccc5c4sc4ccccc45)cc3cc2N(c2ccccc2)c2cccc3c2sc2ccccc23)cc1. The van der Waals surface area contributed by atoms with Crippen LogP contribution in [0.2, 0.25) is 0 Å². The number of nitrogens with zero attached hydrogens (tertiary/aromatic N) is 2. The lowest BCUT2D eigenvalue weighted by Gasteiger charge is -2.29. The monoisotopic (exact) mass is 750 g/mol. The smallest absolute Gasteiger partial charge is 0.0640 e. The summed E-state index contributed by atoms with van der Waals surface area (Å²) < 4.78 is 5.15. The van der Waals surface area contributed by atoms with Crippen LogP contribution in [0.25, 0.3) is 62.2 Å². The Morgan fingerprint density at radius 2 is 0.804 bits per heavy atom. The van der Waals surface area contributed by atoms with Gasteiger partial charge in [-0.05, 0) is 89.1 Å². The topological polar surface area (TPSA) is 6.48 Å². The normalized spacial score (nSPS) is 11.6. The van der Waals surface area contributed by atoms with Gasteiger partial charge in [-0.15, -0.1) is 22.7 Å². The van der Waals surface area contributed by atoms with Crippen LogP contribution in [0.1, 0.15) is 0 Å². The van der Waals surface area contributed by atoms with E-state index in [1.165, 1.54) is 73.6 Å². The fraction of sp³-hybridized carbons (Fsp3) is 0. The van der Waals surface area contributed by atoms with E-state index < -0.39 is 0 Å². The summed E-state index contributed by atoms with van der Waals surface area (Å²) in [5.74, 6) is 0. The predicted molar refractivity (Wildman–Crippen MR) is 245 cm³/mol. The molecular weight excluding hydrogens is 717 g/mol. The minimum Gasteiger partial charge on any atom is -0.309 e. The van der Waals surface area contributed by atoms with Gasteiger partial charge in [0.25, 0.3) is 0 Å². The van der Waals surface area contributed by atoms with Crippen LogP contribution >= 0.6 is 22.7 Å². The second kappa shape index (κ2) is 13.5. The van der Waals surface area contributed by atoms with E-state index in [9.17, 15) is 0 Å². The Bertz CT molecular complexity index is 3200. The zero-order valence-corrected chi connectivity index (χ0v) is 32.0. The molecule has 9 aromatic carbocycles. The molecule has 0 N–H and O–H groups in total. The number of fused-ring (bicyclic) bond motifs is 7. The maximum absolute atomic E-state index is 2.47. The Balaban J connectivity index is 1.17. The van der Waals surface area contributed by atoms with Gasteiger partial charge in [0, 0.05) is 53.6 Å². The van der Waals surface area contributed by atoms with E-state index in [1.807, 2.05) is 22.7 Å². The molecule has 2 nitrogen and oxygen atoms in total. The molecule has 0 amide bonds. The zero-order valence-electron chi connectivity index (χ0n) is 30.3. The number of hydrogen-bond acceptors (Lipinski definition) is 4. The van der Waals surface area contributed by atoms with Crippen molar-refractivity contribution in [3.8, 4) is 11.1 Å². The third-order valence-electron chi connectivity index (χ3n) is 10.8. The van der Waals surface area contributed by atoms with Gasteiger partial charge in [0.2, 0.25) is 0 Å². The van der Waals surface area contributed by atoms with Crippen LogP contribution in [0, 0.1) is 0 Å². The Morgan fingerprint density at radius 3 is 1.41 bits per heavy atom. The first-order valence-electron chi connectivity index (χ1n) is 18.9. The van der Waals surface area contributed by atoms with Gasteiger partial charge in [-0.25, -0.2) is 0 Å². The molecule has 0 aliphatic rings. The lowest BCUT2D eigenvalue weighted by Crippen LogP contribution is -2.12. The number of benzene rings is 9. The van der Waals surface area contributed by atoms with Crippen LogP contribution in [0.4, 0.5) is 34.1 Å². The van der Waals surface area contributed by atoms with Gasteiger partial charge in [-0.3, -0.25) is 0 Å². The van der Waals surface area contributed by atoms with Gasteiger partial charge >= 0.3 is 0 Å². The third-order valence-corrected chi connectivity index (χ3v) is 13.2. The summed E-state index contributed by atoms with van der Waals surface area (Å²) in [6.07, 6.45) is 0. The average Bonchev–Trinajstić information content (AvgIpc) is 3.84. The van der Waals surface area contributed by atoms with Crippen molar-refractivity contribution in [2.24, 2.45) is 0 Å². The predicted octanol–water partition coefficient (Wildman–Crippen LogP) is 16.2. The number of anilines is 6. The Labute approximate surface area is 333 Å². The lowest BCUT2D eigenvalue weighted by atomic mass is 9.96. The van der Waals surface area contributed by atoms with E-state index in [1.54, 1.807) is 0 Å². The highest BCUT2D eigenvalue weighted by Gasteiger charge is 2.23. The highest BCUT2D eigenvalue weighted by molar-refractivity contribution is 7.26. The van der Waals surface area contributed by atoms with Crippen molar-refractivity contribution in [1.29, 1.82) is 0 Å². The van der Waals surface area contributed by atoms with E-state index >= 15 is 0 Å². The Morgan fingerprint density at radius 1 is 0.304 bits per heavy atom. The van der Waals surface area contributed by atoms with Crippen molar-refractivity contribution in [3.05, 3.63) is 206 Å². The van der Waals surface area contributed by atoms with Gasteiger partial charge in [0.15, 0.2) is 0 Å². The molecule has 0 bridgehead atoms. The summed E-state index contributed by atoms with van der Waals surface area (Å²) in [6, 6.07) is 75.2. The molecular formula is C52H34N2S2. The first-order valence-corrected chi connectivity index (χ1v) is 20.6. The summed E-state index contributed by atoms with van der Waals surface area (Å²) in [4.78, 5) is 4.90. The molecule has 11 aromatic rings. The molecule has 4 heteroatoms. The van der Waals surface area contributed by atoms with Crippen LogP contribution in [0.15, 0.2) is 206 Å². The molecule has 0 aliphatic heterocycles. The second-order valence-electron chi connectivity index (χ2n) is 14.1. The third kappa shape index (κ3) is 5.45. The van der Waals surface area contributed by atoms with Crippen LogP contribution in [0.5, 0.6) is 0 Å². The van der Waals surface area contributed by atoms with Crippen LogP contribution in [-0.2, 0) is 0 Å². The summed E-state index contributed by atoms with van der Waals surface area (Å²) in [7, 11) is 0. The van der Waals surface area contributed by atoms with Crippen molar-refractivity contribution in [2.75, 3.05) is 9.80 Å². The Kier molecular flexibility index (Phi) is 7.90. The average molecular weight is 751 g/mol. The van der Waals surface area contributed by atoms with E-state index in [0.29, 0.717) is 0 Å². The zero-order chi connectivity index (χ0) is 37.0. The number of rotatable bonds is 7. The van der Waals surface area contributed by atoms with Crippen LogP contribution in [-0.4, -0.2) is 0 Å². The summed E-state index contributed by atoms with van der Waals surface area (Å²) in [5.41, 5.74) is 9.21. The quantitative estimate of drug-likeness (QED) is 0.160. The summed E-state index contributed by atoms with van der Waals surface area (Å²) >= 11 is 3.73. The van der Waals surface area contributed by atoms with E-state index in [4.69, 9.17) is 0 Å². The molecule has 0 aliphatic carbocycles. The maximum atomic E-state index is 2.47. The van der Waals surface area contributed by atoms with Crippen molar-refractivity contribution in [3.63, 3.8) is 0 Å². The van der Waals surface area contributed by atoms with E-state index in [2.05, 4.69) is 216 Å². The maximum Gasteiger partial charge on any atom is 0.0640 e. The largest absolute Gasteiger partial charge is 0.309 e. The van der Waals surface area contributed by atoms with E-state index in [-0.39, 0.29) is 0 Å².